The Balaban J connectivity index is 0.00000176. The molecule has 1 aromatic rings. The van der Waals surface area contributed by atoms with Crippen molar-refractivity contribution in [3.05, 3.63) is 23.8 Å². The molecule has 1 saturated heterocycles. The fraction of sp³-hybridized carbons (Fsp3) is 0.467. The zero-order valence-electron chi connectivity index (χ0n) is 12.2. The van der Waals surface area contributed by atoms with Crippen LogP contribution < -0.4 is 16.0 Å². The van der Waals surface area contributed by atoms with Crippen molar-refractivity contribution in [2.75, 3.05) is 30.7 Å². The third kappa shape index (κ3) is 4.15. The van der Waals surface area contributed by atoms with Crippen molar-refractivity contribution in [1.29, 1.82) is 0 Å². The summed E-state index contributed by atoms with van der Waals surface area (Å²) >= 11 is 1.50. The van der Waals surface area contributed by atoms with E-state index in [1.54, 1.807) is 6.07 Å². The highest BCUT2D eigenvalue weighted by molar-refractivity contribution is 8.00. The number of nitrogens with one attached hydrogen (secondary N) is 3. The van der Waals surface area contributed by atoms with E-state index in [9.17, 15) is 9.59 Å². The zero-order chi connectivity index (χ0) is 14.7. The van der Waals surface area contributed by atoms with E-state index in [0.29, 0.717) is 23.8 Å². The summed E-state index contributed by atoms with van der Waals surface area (Å²) < 4.78 is 0. The fourth-order valence-corrected chi connectivity index (χ4v) is 3.45. The molecule has 0 aromatic heterocycles. The Morgan fingerprint density at radius 1 is 1.41 bits per heavy atom. The number of piperidine rings is 1. The van der Waals surface area contributed by atoms with Gasteiger partial charge in [-0.1, -0.05) is 0 Å². The van der Waals surface area contributed by atoms with Crippen LogP contribution in [0.15, 0.2) is 23.1 Å². The average molecular weight is 342 g/mol. The van der Waals surface area contributed by atoms with Gasteiger partial charge < -0.3 is 16.0 Å². The second-order valence-corrected chi connectivity index (χ2v) is 6.49. The predicted molar refractivity (Wildman–Crippen MR) is 91.0 cm³/mol. The molecule has 3 N–H and O–H groups in total. The van der Waals surface area contributed by atoms with Gasteiger partial charge in [0.2, 0.25) is 5.91 Å². The van der Waals surface area contributed by atoms with Gasteiger partial charge in [0.1, 0.15) is 0 Å². The van der Waals surface area contributed by atoms with Gasteiger partial charge >= 0.3 is 0 Å². The minimum Gasteiger partial charge on any atom is -0.352 e. The average Bonchev–Trinajstić information content (AvgIpc) is 2.53. The Kier molecular flexibility index (Phi) is 6.11. The van der Waals surface area contributed by atoms with Crippen LogP contribution in [-0.4, -0.2) is 37.2 Å². The number of anilines is 1. The summed E-state index contributed by atoms with van der Waals surface area (Å²) in [6, 6.07) is 5.47. The zero-order valence-corrected chi connectivity index (χ0v) is 13.8. The van der Waals surface area contributed by atoms with E-state index in [0.717, 1.165) is 30.1 Å². The maximum absolute atomic E-state index is 12.2. The van der Waals surface area contributed by atoms with E-state index >= 15 is 0 Å². The van der Waals surface area contributed by atoms with Crippen LogP contribution in [0.2, 0.25) is 0 Å². The maximum Gasteiger partial charge on any atom is 0.251 e. The minimum atomic E-state index is -0.0757. The fourth-order valence-electron chi connectivity index (χ4n) is 2.66. The molecule has 0 saturated carbocycles. The first-order chi connectivity index (χ1) is 10.2. The van der Waals surface area contributed by atoms with Gasteiger partial charge in [0.15, 0.2) is 0 Å². The van der Waals surface area contributed by atoms with Gasteiger partial charge in [-0.15, -0.1) is 24.2 Å². The lowest BCUT2D eigenvalue weighted by Crippen LogP contribution is -2.38. The highest BCUT2D eigenvalue weighted by Crippen LogP contribution is 2.31. The Morgan fingerprint density at radius 3 is 3.05 bits per heavy atom. The number of halogens is 1. The van der Waals surface area contributed by atoms with Crippen LogP contribution in [-0.2, 0) is 4.79 Å². The second kappa shape index (κ2) is 7.85. The van der Waals surface area contributed by atoms with Crippen molar-refractivity contribution in [2.24, 2.45) is 5.92 Å². The second-order valence-electron chi connectivity index (χ2n) is 5.47. The highest BCUT2D eigenvalue weighted by Gasteiger charge is 2.18. The van der Waals surface area contributed by atoms with Crippen LogP contribution >= 0.6 is 24.2 Å². The first-order valence-corrected chi connectivity index (χ1v) is 8.26. The predicted octanol–water partition coefficient (Wildman–Crippen LogP) is 1.88. The summed E-state index contributed by atoms with van der Waals surface area (Å²) in [7, 11) is 0. The molecule has 2 aliphatic rings. The Hall–Kier alpha value is -1.24. The summed E-state index contributed by atoms with van der Waals surface area (Å²) in [5, 5.41) is 9.14. The molecule has 22 heavy (non-hydrogen) atoms. The summed E-state index contributed by atoms with van der Waals surface area (Å²) in [6.45, 7) is 2.74. The molecule has 7 heteroatoms. The van der Waals surface area contributed by atoms with E-state index in [4.69, 9.17) is 0 Å². The van der Waals surface area contributed by atoms with Crippen molar-refractivity contribution in [1.82, 2.24) is 10.6 Å². The van der Waals surface area contributed by atoms with Gasteiger partial charge in [0.05, 0.1) is 11.4 Å². The van der Waals surface area contributed by atoms with Crippen molar-refractivity contribution in [2.45, 2.75) is 17.7 Å². The molecule has 120 valence electrons. The van der Waals surface area contributed by atoms with E-state index in [-0.39, 0.29) is 24.2 Å². The molecule has 3 rings (SSSR count). The quantitative estimate of drug-likeness (QED) is 0.785. The van der Waals surface area contributed by atoms with Gasteiger partial charge in [-0.25, -0.2) is 0 Å². The monoisotopic (exact) mass is 341 g/mol. The number of thioether (sulfide) groups is 1. The lowest BCUT2D eigenvalue weighted by atomic mass is 9.99. The number of rotatable bonds is 3. The van der Waals surface area contributed by atoms with Crippen LogP contribution in [0, 0.1) is 5.92 Å². The Morgan fingerprint density at radius 2 is 2.27 bits per heavy atom. The third-order valence-corrected chi connectivity index (χ3v) is 4.90. The molecule has 2 aliphatic heterocycles. The van der Waals surface area contributed by atoms with Gasteiger partial charge in [-0.3, -0.25) is 9.59 Å². The van der Waals surface area contributed by atoms with Crippen LogP contribution in [0.4, 0.5) is 5.69 Å². The Labute approximate surface area is 140 Å². The van der Waals surface area contributed by atoms with E-state index in [2.05, 4.69) is 16.0 Å². The van der Waals surface area contributed by atoms with Gasteiger partial charge in [-0.05, 0) is 50.0 Å². The van der Waals surface area contributed by atoms with Crippen LogP contribution in [0.25, 0.3) is 0 Å². The lowest BCUT2D eigenvalue weighted by Gasteiger charge is -2.23. The lowest BCUT2D eigenvalue weighted by molar-refractivity contribution is -0.113. The molecule has 1 atom stereocenters. The van der Waals surface area contributed by atoms with Crippen LogP contribution in [0.3, 0.4) is 0 Å². The smallest absolute Gasteiger partial charge is 0.251 e. The van der Waals surface area contributed by atoms with Crippen LogP contribution in [0.1, 0.15) is 23.2 Å². The van der Waals surface area contributed by atoms with Crippen molar-refractivity contribution >= 4 is 41.7 Å². The number of hydrogen-bond acceptors (Lipinski definition) is 4. The normalized spacial score (nSPS) is 20.4. The molecule has 1 fully saturated rings. The first-order valence-electron chi connectivity index (χ1n) is 7.28. The minimum absolute atomic E-state index is 0. The summed E-state index contributed by atoms with van der Waals surface area (Å²) in [4.78, 5) is 24.6. The van der Waals surface area contributed by atoms with Gasteiger partial charge in [0, 0.05) is 17.0 Å². The standard InChI is InChI=1S/C15H19N3O2S.ClH/c19-14-9-21-13-4-3-11(6-12(13)18-14)15(20)17-8-10-2-1-5-16-7-10;/h3-4,6,10,16H,1-2,5,7-9H2,(H,17,20)(H,18,19);1H. The van der Waals surface area contributed by atoms with Gasteiger partial charge in [-0.2, -0.15) is 0 Å². The third-order valence-electron chi connectivity index (χ3n) is 3.82. The topological polar surface area (TPSA) is 70.2 Å². The molecule has 2 amide bonds. The van der Waals surface area contributed by atoms with E-state index < -0.39 is 0 Å². The van der Waals surface area contributed by atoms with Crippen molar-refractivity contribution in [3.63, 3.8) is 0 Å². The molecule has 5 nitrogen and oxygen atoms in total. The molecular formula is C15H20ClN3O2S. The van der Waals surface area contributed by atoms with E-state index in [1.165, 1.54) is 18.2 Å². The molecule has 1 unspecified atom stereocenters. The maximum atomic E-state index is 12.2. The largest absolute Gasteiger partial charge is 0.352 e. The number of carbonyl (C=O) groups is 2. The van der Waals surface area contributed by atoms with Gasteiger partial charge in [0.25, 0.3) is 5.91 Å². The van der Waals surface area contributed by atoms with Crippen molar-refractivity contribution in [3.8, 4) is 0 Å². The highest BCUT2D eigenvalue weighted by atomic mass is 35.5. The molecule has 0 radical (unpaired) electrons. The molecule has 0 spiro atoms. The number of carbonyl (C=O) groups excluding carboxylic acids is 2. The molecule has 0 aliphatic carbocycles. The number of hydrogen-bond donors (Lipinski definition) is 3. The summed E-state index contributed by atoms with van der Waals surface area (Å²) in [5.74, 6) is 0.856. The molecule has 0 bridgehead atoms. The number of fused-ring (bicyclic) bond motifs is 1. The van der Waals surface area contributed by atoms with Crippen molar-refractivity contribution < 1.29 is 9.59 Å². The number of benzene rings is 1. The summed E-state index contributed by atoms with van der Waals surface area (Å²) in [6.07, 6.45) is 2.33. The molecule has 2 heterocycles. The van der Waals surface area contributed by atoms with Crippen LogP contribution in [0.5, 0.6) is 0 Å². The Bertz CT molecular complexity index is 562. The molecule has 1 aromatic carbocycles. The molecular weight excluding hydrogens is 322 g/mol. The SMILES string of the molecule is Cl.O=C1CSc2ccc(C(=O)NCC3CCCNC3)cc2N1. The van der Waals surface area contributed by atoms with E-state index in [1.807, 2.05) is 12.1 Å². The summed E-state index contributed by atoms with van der Waals surface area (Å²) in [5.41, 5.74) is 1.34. The first kappa shape index (κ1) is 17.1. The number of amides is 2.